The number of carbonyl (C=O) groups is 1. The number of hydrogen-bond donors (Lipinski definition) is 0. The third-order valence-corrected chi connectivity index (χ3v) is 6.79. The van der Waals surface area contributed by atoms with Gasteiger partial charge in [0.1, 0.15) is 5.58 Å². The number of carbonyl (C=O) groups excluding carboxylic acids is 1. The first-order valence-electron chi connectivity index (χ1n) is 12.9. The maximum atomic E-state index is 13.9. The third-order valence-electron chi connectivity index (χ3n) is 6.79. The van der Waals surface area contributed by atoms with Gasteiger partial charge in [0.25, 0.3) is 5.91 Å². The molecule has 0 bridgehead atoms. The van der Waals surface area contributed by atoms with Crippen molar-refractivity contribution in [3.05, 3.63) is 87.0 Å². The molecule has 1 atom stereocenters. The van der Waals surface area contributed by atoms with Gasteiger partial charge in [-0.3, -0.25) is 14.5 Å². The van der Waals surface area contributed by atoms with Gasteiger partial charge < -0.3 is 13.9 Å². The van der Waals surface area contributed by atoms with E-state index in [9.17, 15) is 9.59 Å². The Bertz CT molecular complexity index is 1560. The highest BCUT2D eigenvalue weighted by molar-refractivity contribution is 6.09. The van der Waals surface area contributed by atoms with E-state index in [1.165, 1.54) is 4.90 Å². The Balaban J connectivity index is 1.70. The van der Waals surface area contributed by atoms with E-state index < -0.39 is 11.9 Å². The lowest BCUT2D eigenvalue weighted by Gasteiger charge is -2.24. The minimum absolute atomic E-state index is 0.00146. The number of benzene rings is 2. The summed E-state index contributed by atoms with van der Waals surface area (Å²) in [5.41, 5.74) is 2.99. The maximum absolute atomic E-state index is 13.9. The minimum Gasteiger partial charge on any atom is -0.490 e. The van der Waals surface area contributed by atoms with Gasteiger partial charge in [-0.15, -0.1) is 0 Å². The van der Waals surface area contributed by atoms with Gasteiger partial charge in [-0.2, -0.15) is 0 Å². The second kappa shape index (κ2) is 10.3. The van der Waals surface area contributed by atoms with Crippen LogP contribution in [0.1, 0.15) is 66.0 Å². The van der Waals surface area contributed by atoms with Crippen LogP contribution < -0.4 is 19.8 Å². The molecule has 5 rings (SSSR count). The summed E-state index contributed by atoms with van der Waals surface area (Å²) in [5, 5.41) is 0.430. The van der Waals surface area contributed by atoms with Gasteiger partial charge >= 0.3 is 0 Å². The molecule has 4 aromatic rings. The zero-order valence-corrected chi connectivity index (χ0v) is 22.3. The fourth-order valence-corrected chi connectivity index (χ4v) is 4.65. The van der Waals surface area contributed by atoms with Crippen molar-refractivity contribution < 1.29 is 18.7 Å². The van der Waals surface area contributed by atoms with Crippen molar-refractivity contribution in [1.82, 2.24) is 9.97 Å². The van der Waals surface area contributed by atoms with E-state index in [2.05, 4.69) is 23.8 Å². The van der Waals surface area contributed by atoms with Gasteiger partial charge in [-0.25, -0.2) is 9.97 Å². The molecule has 0 saturated heterocycles. The monoisotopic (exact) mass is 513 g/mol. The first kappa shape index (κ1) is 25.4. The molecule has 2 aromatic heterocycles. The number of aryl methyl sites for hydroxylation is 2. The number of rotatable bonds is 8. The molecule has 0 aliphatic carbocycles. The Hall–Kier alpha value is -4.20. The molecule has 8 nitrogen and oxygen atoms in total. The first-order chi connectivity index (χ1) is 18.3. The SMILES string of the molecule is CCOc1cc(C2c3c(oc4cc(C)c(C)cc4c3=O)C(=O)N2c2ncccn2)ccc1OCCC(C)C. The smallest absolute Gasteiger partial charge is 0.297 e. The number of nitrogens with zero attached hydrogens (tertiary/aromatic N) is 3. The highest BCUT2D eigenvalue weighted by Gasteiger charge is 2.45. The third kappa shape index (κ3) is 4.51. The lowest BCUT2D eigenvalue weighted by molar-refractivity contribution is 0.0969. The lowest BCUT2D eigenvalue weighted by Crippen LogP contribution is -2.31. The van der Waals surface area contributed by atoms with E-state index in [4.69, 9.17) is 13.9 Å². The van der Waals surface area contributed by atoms with Crippen molar-refractivity contribution in [1.29, 1.82) is 0 Å². The average Bonchev–Trinajstić information content (AvgIpc) is 3.19. The molecule has 2 aromatic carbocycles. The molecule has 0 N–H and O–H groups in total. The molecule has 38 heavy (non-hydrogen) atoms. The summed E-state index contributed by atoms with van der Waals surface area (Å²) in [4.78, 5) is 37.8. The van der Waals surface area contributed by atoms with Crippen molar-refractivity contribution in [3.8, 4) is 11.5 Å². The number of amides is 1. The van der Waals surface area contributed by atoms with Gasteiger partial charge in [-0.1, -0.05) is 19.9 Å². The van der Waals surface area contributed by atoms with E-state index in [1.54, 1.807) is 24.5 Å². The summed E-state index contributed by atoms with van der Waals surface area (Å²) in [5.74, 6) is 1.37. The van der Waals surface area contributed by atoms with Gasteiger partial charge in [0.15, 0.2) is 16.9 Å². The van der Waals surface area contributed by atoms with Crippen LogP contribution >= 0.6 is 0 Å². The molecule has 1 aliphatic rings. The van der Waals surface area contributed by atoms with Gasteiger partial charge in [0, 0.05) is 12.4 Å². The highest BCUT2D eigenvalue weighted by Crippen LogP contribution is 2.42. The molecular formula is C30H31N3O5. The van der Waals surface area contributed by atoms with Crippen LogP contribution in [0.15, 0.2) is 58.0 Å². The summed E-state index contributed by atoms with van der Waals surface area (Å²) in [6, 6.07) is 9.98. The van der Waals surface area contributed by atoms with Gasteiger partial charge in [0.2, 0.25) is 11.7 Å². The lowest BCUT2D eigenvalue weighted by atomic mass is 9.97. The molecule has 1 aliphatic heterocycles. The Morgan fingerprint density at radius 2 is 1.74 bits per heavy atom. The maximum Gasteiger partial charge on any atom is 0.297 e. The molecule has 8 heteroatoms. The summed E-state index contributed by atoms with van der Waals surface area (Å²) in [6.45, 7) is 11.1. The average molecular weight is 514 g/mol. The predicted octanol–water partition coefficient (Wildman–Crippen LogP) is 5.77. The largest absolute Gasteiger partial charge is 0.490 e. The van der Waals surface area contributed by atoms with Crippen molar-refractivity contribution >= 4 is 22.8 Å². The zero-order valence-electron chi connectivity index (χ0n) is 22.3. The normalized spacial score (nSPS) is 14.8. The minimum atomic E-state index is -0.800. The molecule has 3 heterocycles. The molecule has 1 unspecified atom stereocenters. The van der Waals surface area contributed by atoms with Crippen molar-refractivity contribution in [2.45, 2.75) is 47.1 Å². The van der Waals surface area contributed by atoms with Crippen molar-refractivity contribution in [2.75, 3.05) is 18.1 Å². The predicted molar refractivity (Wildman–Crippen MR) is 145 cm³/mol. The molecule has 0 fully saturated rings. The Morgan fingerprint density at radius 1 is 1.00 bits per heavy atom. The molecule has 196 valence electrons. The molecule has 0 saturated carbocycles. The van der Waals surface area contributed by atoms with Gasteiger partial charge in [-0.05, 0) is 80.1 Å². The first-order valence-corrected chi connectivity index (χ1v) is 12.9. The Kier molecular flexibility index (Phi) is 6.89. The van der Waals surface area contributed by atoms with Crippen LogP contribution in [0, 0.1) is 19.8 Å². The Labute approximate surface area is 221 Å². The second-order valence-corrected chi connectivity index (χ2v) is 9.90. The Morgan fingerprint density at radius 3 is 2.45 bits per heavy atom. The summed E-state index contributed by atoms with van der Waals surface area (Å²) >= 11 is 0. The standard InChI is InChI=1S/C30H31N3O5/c1-6-36-24-16-20(8-9-22(24)37-13-10-17(2)3)26-25-27(34)21-14-18(4)19(5)15-23(21)38-28(25)29(35)33(26)30-31-11-7-12-32-30/h7-9,11-12,14-17,26H,6,10,13H2,1-5H3. The number of anilines is 1. The van der Waals surface area contributed by atoms with E-state index in [0.717, 1.165) is 17.5 Å². The molecule has 0 radical (unpaired) electrons. The van der Waals surface area contributed by atoms with Crippen LogP contribution in [-0.4, -0.2) is 29.1 Å². The summed E-state index contributed by atoms with van der Waals surface area (Å²) in [6.07, 6.45) is 4.03. The number of ether oxygens (including phenoxy) is 2. The summed E-state index contributed by atoms with van der Waals surface area (Å²) in [7, 11) is 0. The van der Waals surface area contributed by atoms with Crippen LogP contribution in [0.3, 0.4) is 0 Å². The van der Waals surface area contributed by atoms with Gasteiger partial charge in [0.05, 0.1) is 30.2 Å². The van der Waals surface area contributed by atoms with Crippen LogP contribution in [0.4, 0.5) is 5.95 Å². The van der Waals surface area contributed by atoms with E-state index >= 15 is 0 Å². The fraction of sp³-hybridized carbons (Fsp3) is 0.333. The van der Waals surface area contributed by atoms with E-state index in [1.807, 2.05) is 45.0 Å². The molecule has 1 amide bonds. The second-order valence-electron chi connectivity index (χ2n) is 9.90. The fourth-order valence-electron chi connectivity index (χ4n) is 4.65. The topological polar surface area (TPSA) is 94.8 Å². The summed E-state index contributed by atoms with van der Waals surface area (Å²) < 4.78 is 18.0. The van der Waals surface area contributed by atoms with Crippen LogP contribution in [0.2, 0.25) is 0 Å². The van der Waals surface area contributed by atoms with Crippen LogP contribution in [-0.2, 0) is 0 Å². The number of aromatic nitrogens is 2. The van der Waals surface area contributed by atoms with E-state index in [0.29, 0.717) is 47.2 Å². The van der Waals surface area contributed by atoms with Crippen molar-refractivity contribution in [3.63, 3.8) is 0 Å². The van der Waals surface area contributed by atoms with E-state index in [-0.39, 0.29) is 22.7 Å². The molecule has 0 spiro atoms. The van der Waals surface area contributed by atoms with Crippen LogP contribution in [0.5, 0.6) is 11.5 Å². The number of fused-ring (bicyclic) bond motifs is 2. The number of hydrogen-bond acceptors (Lipinski definition) is 7. The van der Waals surface area contributed by atoms with Crippen LogP contribution in [0.25, 0.3) is 11.0 Å². The quantitative estimate of drug-likeness (QED) is 0.295. The highest BCUT2D eigenvalue weighted by atomic mass is 16.5. The molecular weight excluding hydrogens is 482 g/mol. The van der Waals surface area contributed by atoms with Crippen molar-refractivity contribution in [2.24, 2.45) is 5.92 Å². The zero-order chi connectivity index (χ0) is 27.0.